The SMILES string of the molecule is CN1C(C(=O)Nc2ccc(F)c(Cl)c2)=CC(c2ccco2)=NS1(=O)=O. The number of nitrogens with one attached hydrogen (secondary N) is 1. The van der Waals surface area contributed by atoms with Crippen LogP contribution in [-0.2, 0) is 15.0 Å². The van der Waals surface area contributed by atoms with Gasteiger partial charge in [0.25, 0.3) is 5.91 Å². The van der Waals surface area contributed by atoms with Crippen LogP contribution in [0, 0.1) is 5.82 Å². The van der Waals surface area contributed by atoms with Gasteiger partial charge < -0.3 is 9.73 Å². The van der Waals surface area contributed by atoms with E-state index in [9.17, 15) is 17.6 Å². The summed E-state index contributed by atoms with van der Waals surface area (Å²) < 4.78 is 47.0. The maximum atomic E-state index is 13.2. The first kappa shape index (κ1) is 17.2. The smallest absolute Gasteiger partial charge is 0.345 e. The van der Waals surface area contributed by atoms with Gasteiger partial charge >= 0.3 is 10.2 Å². The van der Waals surface area contributed by atoms with Crippen molar-refractivity contribution in [2.75, 3.05) is 12.4 Å². The maximum absolute atomic E-state index is 13.2. The number of furan rings is 1. The van der Waals surface area contributed by atoms with Crippen LogP contribution in [0.1, 0.15) is 5.76 Å². The third-order valence-electron chi connectivity index (χ3n) is 3.36. The Kier molecular flexibility index (Phi) is 4.36. The number of benzene rings is 1. The number of rotatable bonds is 3. The van der Waals surface area contributed by atoms with Crippen LogP contribution in [0.15, 0.2) is 57.2 Å². The monoisotopic (exact) mass is 383 g/mol. The van der Waals surface area contributed by atoms with E-state index in [0.29, 0.717) is 0 Å². The lowest BCUT2D eigenvalue weighted by Gasteiger charge is -2.23. The summed E-state index contributed by atoms with van der Waals surface area (Å²) in [6, 6.07) is 6.69. The lowest BCUT2D eigenvalue weighted by Crippen LogP contribution is -2.35. The van der Waals surface area contributed by atoms with Crippen LogP contribution < -0.4 is 5.32 Å². The van der Waals surface area contributed by atoms with Crippen molar-refractivity contribution in [1.82, 2.24) is 4.31 Å². The lowest BCUT2D eigenvalue weighted by molar-refractivity contribution is -0.113. The van der Waals surface area contributed by atoms with Gasteiger partial charge in [0.2, 0.25) is 0 Å². The molecule has 0 bridgehead atoms. The van der Waals surface area contributed by atoms with Crippen molar-refractivity contribution in [3.8, 4) is 0 Å². The van der Waals surface area contributed by atoms with Crippen LogP contribution in [0.3, 0.4) is 0 Å². The van der Waals surface area contributed by atoms with Gasteiger partial charge in [-0.3, -0.25) is 4.79 Å². The van der Waals surface area contributed by atoms with Gasteiger partial charge in [0, 0.05) is 12.7 Å². The first-order valence-electron chi connectivity index (χ1n) is 6.89. The van der Waals surface area contributed by atoms with E-state index in [0.717, 1.165) is 10.4 Å². The molecule has 0 saturated carbocycles. The van der Waals surface area contributed by atoms with E-state index in [1.807, 2.05) is 0 Å². The van der Waals surface area contributed by atoms with Crippen LogP contribution >= 0.6 is 11.6 Å². The lowest BCUT2D eigenvalue weighted by atomic mass is 10.2. The average Bonchev–Trinajstić information content (AvgIpc) is 3.07. The molecule has 2 heterocycles. The van der Waals surface area contributed by atoms with Gasteiger partial charge in [-0.1, -0.05) is 11.6 Å². The minimum Gasteiger partial charge on any atom is -0.463 e. The van der Waals surface area contributed by atoms with E-state index in [4.69, 9.17) is 16.0 Å². The molecule has 0 fully saturated rings. The number of likely N-dealkylation sites (N-methyl/N-ethyl adjacent to an activating group) is 1. The first-order chi connectivity index (χ1) is 11.8. The van der Waals surface area contributed by atoms with Gasteiger partial charge in [-0.2, -0.15) is 8.42 Å². The minimum atomic E-state index is -4.09. The molecule has 1 aromatic heterocycles. The van der Waals surface area contributed by atoms with Gasteiger partial charge in [-0.25, -0.2) is 8.70 Å². The fraction of sp³-hybridized carbons (Fsp3) is 0.0667. The number of hydrogen-bond acceptors (Lipinski definition) is 4. The summed E-state index contributed by atoms with van der Waals surface area (Å²) in [6.07, 6.45) is 2.64. The number of halogens is 2. The Morgan fingerprint density at radius 3 is 2.76 bits per heavy atom. The van der Waals surface area contributed by atoms with E-state index in [1.54, 1.807) is 6.07 Å². The third-order valence-corrected chi connectivity index (χ3v) is 4.96. The van der Waals surface area contributed by atoms with Crippen LogP contribution in [0.4, 0.5) is 10.1 Å². The Morgan fingerprint density at radius 1 is 1.36 bits per heavy atom. The predicted octanol–water partition coefficient (Wildman–Crippen LogP) is 2.57. The maximum Gasteiger partial charge on any atom is 0.345 e. The number of carbonyl (C=O) groups excluding carboxylic acids is 1. The summed E-state index contributed by atoms with van der Waals surface area (Å²) >= 11 is 5.67. The number of anilines is 1. The Morgan fingerprint density at radius 2 is 2.12 bits per heavy atom. The molecule has 0 spiro atoms. The topological polar surface area (TPSA) is 92.0 Å². The van der Waals surface area contributed by atoms with Gasteiger partial charge in [-0.05, 0) is 36.4 Å². The Hall–Kier alpha value is -2.65. The van der Waals surface area contributed by atoms with Gasteiger partial charge in [0.1, 0.15) is 17.2 Å². The molecular weight excluding hydrogens is 373 g/mol. The van der Waals surface area contributed by atoms with Gasteiger partial charge in [0.05, 0.1) is 11.3 Å². The quantitative estimate of drug-likeness (QED) is 0.881. The summed E-state index contributed by atoms with van der Waals surface area (Å²) in [6.45, 7) is 0. The van der Waals surface area contributed by atoms with Crippen molar-refractivity contribution >= 4 is 39.1 Å². The van der Waals surface area contributed by atoms with Gasteiger partial charge in [0.15, 0.2) is 5.76 Å². The van der Waals surface area contributed by atoms with E-state index < -0.39 is 21.9 Å². The average molecular weight is 384 g/mol. The Bertz CT molecular complexity index is 1000. The minimum absolute atomic E-state index is 0.00890. The fourth-order valence-corrected chi connectivity index (χ4v) is 3.15. The second kappa shape index (κ2) is 6.34. The van der Waals surface area contributed by atoms with Crippen LogP contribution in [0.2, 0.25) is 5.02 Å². The molecule has 1 N–H and O–H groups in total. The highest BCUT2D eigenvalue weighted by Crippen LogP contribution is 2.23. The zero-order valence-corrected chi connectivity index (χ0v) is 14.3. The number of hydrogen-bond donors (Lipinski definition) is 1. The van der Waals surface area contributed by atoms with Gasteiger partial charge in [-0.15, -0.1) is 4.40 Å². The van der Waals surface area contributed by atoms with E-state index in [1.165, 1.54) is 37.6 Å². The molecule has 1 aliphatic heterocycles. The Balaban J connectivity index is 1.94. The standard InChI is InChI=1S/C15H11ClFN3O4S/c1-20-13(15(21)18-9-4-5-11(17)10(16)7-9)8-12(19-25(20,22)23)14-3-2-6-24-14/h2-8H,1H3,(H,18,21). The predicted molar refractivity (Wildman–Crippen MR) is 90.1 cm³/mol. The molecule has 0 unspecified atom stereocenters. The molecule has 0 aliphatic carbocycles. The van der Waals surface area contributed by atoms with E-state index >= 15 is 0 Å². The van der Waals surface area contributed by atoms with Crippen molar-refractivity contribution < 1.29 is 22.0 Å². The fourth-order valence-electron chi connectivity index (χ4n) is 2.07. The second-order valence-electron chi connectivity index (χ2n) is 5.01. The molecule has 3 rings (SSSR count). The van der Waals surface area contributed by atoms with Crippen molar-refractivity contribution in [1.29, 1.82) is 0 Å². The molecule has 0 atom stereocenters. The van der Waals surface area contributed by atoms with E-state index in [2.05, 4.69) is 9.71 Å². The second-order valence-corrected chi connectivity index (χ2v) is 7.04. The highest BCUT2D eigenvalue weighted by molar-refractivity contribution is 7.88. The first-order valence-corrected chi connectivity index (χ1v) is 8.66. The van der Waals surface area contributed by atoms with Crippen LogP contribution in [-0.4, -0.2) is 31.4 Å². The van der Waals surface area contributed by atoms with Crippen molar-refractivity contribution in [3.63, 3.8) is 0 Å². The van der Waals surface area contributed by atoms with Crippen molar-refractivity contribution in [2.45, 2.75) is 0 Å². The summed E-state index contributed by atoms with van der Waals surface area (Å²) in [5.41, 5.74) is 0.0254. The Labute approximate surface area is 147 Å². The number of carbonyl (C=O) groups is 1. The van der Waals surface area contributed by atoms with Crippen molar-refractivity contribution in [3.05, 3.63) is 65.0 Å². The molecule has 0 radical (unpaired) electrons. The molecule has 10 heteroatoms. The highest BCUT2D eigenvalue weighted by Gasteiger charge is 2.30. The molecule has 2 aromatic rings. The molecule has 1 amide bonds. The summed E-state index contributed by atoms with van der Waals surface area (Å²) in [7, 11) is -2.90. The largest absolute Gasteiger partial charge is 0.463 e. The third kappa shape index (κ3) is 3.42. The zero-order chi connectivity index (χ0) is 18.2. The van der Waals surface area contributed by atoms with Crippen molar-refractivity contribution in [2.24, 2.45) is 4.40 Å². The molecule has 1 aliphatic rings. The zero-order valence-electron chi connectivity index (χ0n) is 12.7. The number of allylic oxidation sites excluding steroid dienone is 1. The summed E-state index contributed by atoms with van der Waals surface area (Å²) in [5.74, 6) is -1.16. The number of nitrogens with zero attached hydrogens (tertiary/aromatic N) is 2. The molecule has 25 heavy (non-hydrogen) atoms. The molecule has 1 aromatic carbocycles. The van der Waals surface area contributed by atoms with Crippen LogP contribution in [0.5, 0.6) is 0 Å². The number of amides is 1. The molecular formula is C15H11ClFN3O4S. The summed E-state index contributed by atoms with van der Waals surface area (Å²) in [4.78, 5) is 12.5. The molecule has 7 nitrogen and oxygen atoms in total. The molecule has 0 saturated heterocycles. The van der Waals surface area contributed by atoms with E-state index in [-0.39, 0.29) is 27.9 Å². The highest BCUT2D eigenvalue weighted by atomic mass is 35.5. The summed E-state index contributed by atoms with van der Waals surface area (Å²) in [5, 5.41) is 2.29. The molecule has 130 valence electrons. The van der Waals surface area contributed by atoms with Crippen LogP contribution in [0.25, 0.3) is 0 Å². The normalized spacial score (nSPS) is 16.2.